The van der Waals surface area contributed by atoms with Gasteiger partial charge in [-0.15, -0.1) is 12.6 Å². The summed E-state index contributed by atoms with van der Waals surface area (Å²) in [6.07, 6.45) is 0.322. The maximum absolute atomic E-state index is 10.2. The van der Waals surface area contributed by atoms with Crippen LogP contribution in [-0.4, -0.2) is 16.8 Å². The van der Waals surface area contributed by atoms with Crippen LogP contribution in [0.2, 0.25) is 0 Å². The molecule has 0 aliphatic rings. The molecule has 0 fully saturated rings. The molecule has 0 bridgehead atoms. The highest BCUT2D eigenvalue weighted by atomic mass is 32.1. The van der Waals surface area contributed by atoms with E-state index in [0.717, 1.165) is 0 Å². The lowest BCUT2D eigenvalue weighted by Crippen LogP contribution is -1.93. The van der Waals surface area contributed by atoms with Crippen molar-refractivity contribution in [3.05, 3.63) is 12.2 Å². The Balaban J connectivity index is 3.49. The zero-order valence-electron chi connectivity index (χ0n) is 4.42. The fourth-order valence-electron chi connectivity index (χ4n) is 0.242. The predicted molar refractivity (Wildman–Crippen MR) is 34.8 cm³/mol. The van der Waals surface area contributed by atoms with Gasteiger partial charge in [0.2, 0.25) is 5.12 Å². The number of rotatable bonds is 3. The van der Waals surface area contributed by atoms with Crippen LogP contribution in [0.3, 0.4) is 0 Å². The molecule has 0 unspecified atom stereocenters. The second-order valence-corrected chi connectivity index (χ2v) is 1.79. The van der Waals surface area contributed by atoms with Gasteiger partial charge in [-0.25, -0.2) is 0 Å². The van der Waals surface area contributed by atoms with E-state index >= 15 is 0 Å². The fraction of sp³-hybridized carbons (Fsp3) is 0.400. The van der Waals surface area contributed by atoms with Crippen LogP contribution in [-0.2, 0) is 4.79 Å². The van der Waals surface area contributed by atoms with Crippen LogP contribution >= 0.6 is 12.6 Å². The van der Waals surface area contributed by atoms with E-state index in [9.17, 15) is 4.79 Å². The largest absolute Gasteiger partial charge is 0.396 e. The van der Waals surface area contributed by atoms with Gasteiger partial charge >= 0.3 is 0 Å². The maximum Gasteiger partial charge on any atom is 0.211 e. The van der Waals surface area contributed by atoms with Crippen molar-refractivity contribution in [1.82, 2.24) is 0 Å². The second kappa shape index (κ2) is 3.69. The SMILES string of the molecule is C=C(CCO)C(=O)S. The van der Waals surface area contributed by atoms with Gasteiger partial charge in [0.25, 0.3) is 0 Å². The molecule has 0 atom stereocenters. The third kappa shape index (κ3) is 2.82. The van der Waals surface area contributed by atoms with Gasteiger partial charge in [0.05, 0.1) is 0 Å². The second-order valence-electron chi connectivity index (χ2n) is 1.38. The number of thiol groups is 1. The van der Waals surface area contributed by atoms with Gasteiger partial charge in [-0.3, -0.25) is 4.79 Å². The number of carbonyl (C=O) groups excluding carboxylic acids is 1. The number of carbonyl (C=O) groups is 1. The standard InChI is InChI=1S/C5H8O2S/c1-4(2-3-6)5(7)8/h6H,1-3H2,(H,7,8). The number of aliphatic hydroxyl groups is 1. The molecule has 0 aromatic heterocycles. The molecule has 0 rings (SSSR count). The van der Waals surface area contributed by atoms with Gasteiger partial charge in [0, 0.05) is 12.2 Å². The summed E-state index contributed by atoms with van der Waals surface area (Å²) in [6.45, 7) is 3.32. The van der Waals surface area contributed by atoms with E-state index in [1.54, 1.807) is 0 Å². The molecule has 0 radical (unpaired) electrons. The Hall–Kier alpha value is -0.280. The minimum Gasteiger partial charge on any atom is -0.396 e. The summed E-state index contributed by atoms with van der Waals surface area (Å²) in [5.74, 6) is 0. The van der Waals surface area contributed by atoms with Gasteiger partial charge in [-0.05, 0) is 6.42 Å². The van der Waals surface area contributed by atoms with E-state index in [4.69, 9.17) is 5.11 Å². The molecule has 0 aromatic rings. The molecule has 0 saturated heterocycles. The minimum absolute atomic E-state index is 0.0366. The molecule has 0 spiro atoms. The Morgan fingerprint density at radius 1 is 1.75 bits per heavy atom. The third-order valence-electron chi connectivity index (χ3n) is 0.716. The normalized spacial score (nSPS) is 8.75. The van der Waals surface area contributed by atoms with Crippen LogP contribution < -0.4 is 0 Å². The highest BCUT2D eigenvalue weighted by Gasteiger charge is 1.97. The Kier molecular flexibility index (Phi) is 3.56. The van der Waals surface area contributed by atoms with Crippen molar-refractivity contribution in [2.75, 3.05) is 6.61 Å². The van der Waals surface area contributed by atoms with Crippen LogP contribution in [0.4, 0.5) is 0 Å². The van der Waals surface area contributed by atoms with Crippen molar-refractivity contribution in [3.63, 3.8) is 0 Å². The molecule has 0 heterocycles. The van der Waals surface area contributed by atoms with Crippen molar-refractivity contribution in [3.8, 4) is 0 Å². The molecular formula is C5H8O2S. The lowest BCUT2D eigenvalue weighted by molar-refractivity contribution is -0.107. The van der Waals surface area contributed by atoms with Crippen molar-refractivity contribution < 1.29 is 9.90 Å². The van der Waals surface area contributed by atoms with Crippen molar-refractivity contribution in [2.45, 2.75) is 6.42 Å². The molecule has 0 aromatic carbocycles. The molecule has 1 N–H and O–H groups in total. The van der Waals surface area contributed by atoms with Gasteiger partial charge in [0.1, 0.15) is 0 Å². The first-order chi connectivity index (χ1) is 3.68. The molecule has 3 heteroatoms. The van der Waals surface area contributed by atoms with E-state index in [2.05, 4.69) is 19.2 Å². The summed E-state index contributed by atoms with van der Waals surface area (Å²) in [5, 5.41) is 7.89. The monoisotopic (exact) mass is 132 g/mol. The lowest BCUT2D eigenvalue weighted by Gasteiger charge is -1.92. The van der Waals surface area contributed by atoms with Crippen molar-refractivity contribution in [2.24, 2.45) is 0 Å². The van der Waals surface area contributed by atoms with E-state index < -0.39 is 0 Å². The van der Waals surface area contributed by atoms with E-state index in [0.29, 0.717) is 12.0 Å². The smallest absolute Gasteiger partial charge is 0.211 e. The average molecular weight is 132 g/mol. The summed E-state index contributed by atoms with van der Waals surface area (Å²) >= 11 is 3.48. The Bertz CT molecular complexity index is 109. The van der Waals surface area contributed by atoms with Crippen LogP contribution in [0.25, 0.3) is 0 Å². The predicted octanol–water partition coefficient (Wildman–Crippen LogP) is 0.381. The summed E-state index contributed by atoms with van der Waals surface area (Å²) in [7, 11) is 0. The number of hydrogen-bond donors (Lipinski definition) is 2. The van der Waals surface area contributed by atoms with Gasteiger partial charge in [0.15, 0.2) is 0 Å². The molecule has 46 valence electrons. The molecule has 0 amide bonds. The topological polar surface area (TPSA) is 37.3 Å². The first kappa shape index (κ1) is 7.72. The summed E-state index contributed by atoms with van der Waals surface area (Å²) in [5.41, 5.74) is 0.357. The van der Waals surface area contributed by atoms with Gasteiger partial charge in [-0.1, -0.05) is 6.58 Å². The van der Waals surface area contributed by atoms with Crippen LogP contribution in [0.5, 0.6) is 0 Å². The highest BCUT2D eigenvalue weighted by Crippen LogP contribution is 1.99. The number of hydrogen-bond acceptors (Lipinski definition) is 2. The molecule has 0 saturated carbocycles. The van der Waals surface area contributed by atoms with Crippen LogP contribution in [0, 0.1) is 0 Å². The molecule has 0 aliphatic carbocycles. The molecule has 8 heavy (non-hydrogen) atoms. The summed E-state index contributed by atoms with van der Waals surface area (Å²) in [6, 6.07) is 0. The first-order valence-corrected chi connectivity index (χ1v) is 2.65. The van der Waals surface area contributed by atoms with Crippen molar-refractivity contribution >= 4 is 17.7 Å². The Morgan fingerprint density at radius 2 is 2.25 bits per heavy atom. The summed E-state index contributed by atoms with van der Waals surface area (Å²) < 4.78 is 0. The van der Waals surface area contributed by atoms with E-state index in [1.807, 2.05) is 0 Å². The highest BCUT2D eigenvalue weighted by molar-refractivity contribution is 7.97. The summed E-state index contributed by atoms with van der Waals surface area (Å²) in [4.78, 5) is 10.2. The molecule has 0 aliphatic heterocycles. The maximum atomic E-state index is 10.2. The molecule has 2 nitrogen and oxygen atoms in total. The van der Waals surface area contributed by atoms with E-state index in [-0.39, 0.29) is 11.7 Å². The Labute approximate surface area is 53.6 Å². The van der Waals surface area contributed by atoms with Gasteiger partial charge in [-0.2, -0.15) is 0 Å². The Morgan fingerprint density at radius 3 is 2.38 bits per heavy atom. The molecular weight excluding hydrogens is 124 g/mol. The van der Waals surface area contributed by atoms with Crippen molar-refractivity contribution in [1.29, 1.82) is 0 Å². The zero-order valence-corrected chi connectivity index (χ0v) is 5.32. The number of aliphatic hydroxyl groups excluding tert-OH is 1. The first-order valence-electron chi connectivity index (χ1n) is 2.20. The minimum atomic E-state index is -0.348. The van der Waals surface area contributed by atoms with Crippen LogP contribution in [0.15, 0.2) is 12.2 Å². The van der Waals surface area contributed by atoms with Crippen LogP contribution in [0.1, 0.15) is 6.42 Å². The zero-order chi connectivity index (χ0) is 6.57. The van der Waals surface area contributed by atoms with Gasteiger partial charge < -0.3 is 5.11 Å². The fourth-order valence-corrected chi connectivity index (χ4v) is 0.354. The quantitative estimate of drug-likeness (QED) is 0.430. The average Bonchev–Trinajstić information content (AvgIpc) is 1.67. The third-order valence-corrected chi connectivity index (χ3v) is 1.03. The lowest BCUT2D eigenvalue weighted by atomic mass is 10.2. The van der Waals surface area contributed by atoms with E-state index in [1.165, 1.54) is 0 Å².